The average Bonchev–Trinajstić information content (AvgIpc) is 3.04. The third-order valence-corrected chi connectivity index (χ3v) is 4.67. The predicted molar refractivity (Wildman–Crippen MR) is 75.1 cm³/mol. The van der Waals surface area contributed by atoms with Crippen molar-refractivity contribution < 1.29 is 24.2 Å². The number of fused-ring (bicyclic) bond motifs is 2. The first-order valence-corrected chi connectivity index (χ1v) is 7.02. The zero-order valence-corrected chi connectivity index (χ0v) is 12.5. The molecular weight excluding hydrogens is 272 g/mol. The van der Waals surface area contributed by atoms with Crippen LogP contribution >= 0.6 is 0 Å². The lowest BCUT2D eigenvalue weighted by Gasteiger charge is -2.42. The molecule has 2 bridgehead atoms. The predicted octanol–water partition coefficient (Wildman–Crippen LogP) is 2.33. The summed E-state index contributed by atoms with van der Waals surface area (Å²) in [5, 5.41) is 9.49. The van der Waals surface area contributed by atoms with Crippen LogP contribution in [0.15, 0.2) is 24.3 Å². The molecule has 1 saturated carbocycles. The van der Waals surface area contributed by atoms with E-state index in [1.807, 2.05) is 0 Å². The van der Waals surface area contributed by atoms with Gasteiger partial charge in [0, 0.05) is 12.2 Å². The Labute approximate surface area is 123 Å². The number of carbonyl (C=O) groups excluding carboxylic acids is 2. The Kier molecular flexibility index (Phi) is 3.78. The van der Waals surface area contributed by atoms with Gasteiger partial charge in [0.2, 0.25) is 0 Å². The molecule has 0 aromatic carbocycles. The molecule has 0 spiro atoms. The topological polar surface area (TPSA) is 80.7 Å². The molecule has 3 atom stereocenters. The highest BCUT2D eigenvalue weighted by atomic mass is 16.6. The molecule has 0 aromatic heterocycles. The van der Waals surface area contributed by atoms with Crippen LogP contribution in [0.5, 0.6) is 0 Å². The Hall–Kier alpha value is -1.91. The summed E-state index contributed by atoms with van der Waals surface area (Å²) in [5.74, 6) is -1.00. The van der Waals surface area contributed by atoms with Crippen molar-refractivity contribution in [2.75, 3.05) is 0 Å². The number of cyclic esters (lactones) is 2. The third kappa shape index (κ3) is 2.64. The summed E-state index contributed by atoms with van der Waals surface area (Å²) >= 11 is 0. The molecule has 1 fully saturated rings. The van der Waals surface area contributed by atoms with Crippen LogP contribution in [0.25, 0.3) is 0 Å². The standard InChI is InChI=1S/C12H18O2.C4H2O3/c1-11(2,3)12(10(13)14)7-8-4-5-9(12)6-8;5-3-1-2-4(6)7-3/h4-5,8-9H,6-7H2,1-3H3,(H,13,14);1-2H. The lowest BCUT2D eigenvalue weighted by molar-refractivity contribution is -0.159. The van der Waals surface area contributed by atoms with Crippen molar-refractivity contribution in [1.29, 1.82) is 0 Å². The molecule has 21 heavy (non-hydrogen) atoms. The van der Waals surface area contributed by atoms with E-state index in [0.717, 1.165) is 25.0 Å². The Bertz CT molecular complexity index is 521. The van der Waals surface area contributed by atoms with Crippen molar-refractivity contribution in [2.45, 2.75) is 33.6 Å². The van der Waals surface area contributed by atoms with E-state index in [0.29, 0.717) is 5.92 Å². The number of allylic oxidation sites excluding steroid dienone is 2. The first kappa shape index (κ1) is 15.5. The molecular formula is C16H20O5. The minimum atomic E-state index is -0.609. The van der Waals surface area contributed by atoms with Crippen molar-refractivity contribution in [3.8, 4) is 0 Å². The largest absolute Gasteiger partial charge is 0.481 e. The molecule has 1 heterocycles. The second-order valence-corrected chi connectivity index (χ2v) is 6.79. The Balaban J connectivity index is 0.000000194. The lowest BCUT2D eigenvalue weighted by Crippen LogP contribution is -2.46. The number of carbonyl (C=O) groups is 3. The molecule has 0 radical (unpaired) electrons. The highest BCUT2D eigenvalue weighted by molar-refractivity contribution is 6.04. The van der Waals surface area contributed by atoms with Crippen molar-refractivity contribution in [3.63, 3.8) is 0 Å². The van der Waals surface area contributed by atoms with E-state index >= 15 is 0 Å². The number of hydrogen-bond acceptors (Lipinski definition) is 4. The van der Waals surface area contributed by atoms with Crippen LogP contribution < -0.4 is 0 Å². The highest BCUT2D eigenvalue weighted by Crippen LogP contribution is 2.60. The fourth-order valence-electron chi connectivity index (χ4n) is 3.59. The second kappa shape index (κ2) is 5.13. The summed E-state index contributed by atoms with van der Waals surface area (Å²) in [6.45, 7) is 6.15. The fraction of sp³-hybridized carbons (Fsp3) is 0.562. The van der Waals surface area contributed by atoms with Gasteiger partial charge in [0.25, 0.3) is 0 Å². The minimum absolute atomic E-state index is 0.150. The maximum absolute atomic E-state index is 11.5. The average molecular weight is 292 g/mol. The van der Waals surface area contributed by atoms with Crippen LogP contribution in [-0.2, 0) is 19.1 Å². The molecule has 3 unspecified atom stereocenters. The molecule has 2 aliphatic carbocycles. The van der Waals surface area contributed by atoms with Gasteiger partial charge in [0.15, 0.2) is 0 Å². The van der Waals surface area contributed by atoms with Gasteiger partial charge in [-0.2, -0.15) is 0 Å². The second-order valence-electron chi connectivity index (χ2n) is 6.79. The van der Waals surface area contributed by atoms with Crippen LogP contribution in [0, 0.1) is 22.7 Å². The van der Waals surface area contributed by atoms with Crippen LogP contribution in [0.4, 0.5) is 0 Å². The Morgan fingerprint density at radius 2 is 1.81 bits per heavy atom. The van der Waals surface area contributed by atoms with Gasteiger partial charge in [-0.25, -0.2) is 9.59 Å². The molecule has 5 heteroatoms. The van der Waals surface area contributed by atoms with Gasteiger partial charge in [0.05, 0.1) is 5.41 Å². The van der Waals surface area contributed by atoms with Crippen LogP contribution in [0.3, 0.4) is 0 Å². The number of carboxylic acids is 1. The van der Waals surface area contributed by atoms with Gasteiger partial charge in [-0.15, -0.1) is 0 Å². The zero-order valence-electron chi connectivity index (χ0n) is 12.5. The maximum Gasteiger partial charge on any atom is 0.338 e. The van der Waals surface area contributed by atoms with E-state index in [1.165, 1.54) is 0 Å². The van der Waals surface area contributed by atoms with E-state index in [2.05, 4.69) is 37.7 Å². The molecule has 3 aliphatic rings. The van der Waals surface area contributed by atoms with Gasteiger partial charge < -0.3 is 9.84 Å². The first-order valence-electron chi connectivity index (χ1n) is 7.02. The molecule has 5 nitrogen and oxygen atoms in total. The zero-order chi connectivity index (χ0) is 15.8. The number of rotatable bonds is 1. The van der Waals surface area contributed by atoms with Crippen LogP contribution in [0.1, 0.15) is 33.6 Å². The number of aliphatic carboxylic acids is 1. The van der Waals surface area contributed by atoms with Crippen LogP contribution in [-0.4, -0.2) is 23.0 Å². The van der Waals surface area contributed by atoms with Gasteiger partial charge in [-0.1, -0.05) is 32.9 Å². The molecule has 114 valence electrons. The molecule has 0 amide bonds. The summed E-state index contributed by atoms with van der Waals surface area (Å²) < 4.78 is 3.97. The molecule has 3 rings (SSSR count). The van der Waals surface area contributed by atoms with E-state index in [4.69, 9.17) is 0 Å². The SMILES string of the molecule is CC(C)(C)C1(C(=O)O)CC2C=CC1C2.O=C1C=CC(=O)O1. The Morgan fingerprint density at radius 3 is 2.00 bits per heavy atom. The number of carboxylic acid groups (broad SMARTS) is 1. The number of ether oxygens (including phenoxy) is 1. The van der Waals surface area contributed by atoms with E-state index in [9.17, 15) is 19.5 Å². The van der Waals surface area contributed by atoms with Crippen molar-refractivity contribution >= 4 is 17.9 Å². The summed E-state index contributed by atoms with van der Waals surface area (Å²) in [6.07, 6.45) is 8.35. The number of hydrogen-bond donors (Lipinski definition) is 1. The Morgan fingerprint density at radius 1 is 1.24 bits per heavy atom. The molecule has 1 N–H and O–H groups in total. The quantitative estimate of drug-likeness (QED) is 0.456. The summed E-state index contributed by atoms with van der Waals surface area (Å²) in [5.41, 5.74) is -0.671. The van der Waals surface area contributed by atoms with Crippen LogP contribution in [0.2, 0.25) is 0 Å². The fourth-order valence-corrected chi connectivity index (χ4v) is 3.59. The van der Waals surface area contributed by atoms with Gasteiger partial charge in [0.1, 0.15) is 0 Å². The normalized spacial score (nSPS) is 32.9. The number of esters is 2. The smallest absolute Gasteiger partial charge is 0.338 e. The molecule has 1 aliphatic heterocycles. The van der Waals surface area contributed by atoms with Crippen molar-refractivity contribution in [3.05, 3.63) is 24.3 Å². The van der Waals surface area contributed by atoms with E-state index in [1.54, 1.807) is 0 Å². The summed E-state index contributed by atoms with van der Waals surface area (Å²) in [7, 11) is 0. The lowest BCUT2D eigenvalue weighted by atomic mass is 9.60. The first-order chi connectivity index (χ1) is 9.66. The third-order valence-electron chi connectivity index (χ3n) is 4.67. The van der Waals surface area contributed by atoms with Gasteiger partial charge in [-0.05, 0) is 30.1 Å². The highest BCUT2D eigenvalue weighted by Gasteiger charge is 2.59. The minimum Gasteiger partial charge on any atom is -0.481 e. The van der Waals surface area contributed by atoms with Crippen molar-refractivity contribution in [1.82, 2.24) is 0 Å². The monoisotopic (exact) mass is 292 g/mol. The molecule has 0 saturated heterocycles. The van der Waals surface area contributed by atoms with Gasteiger partial charge >= 0.3 is 17.9 Å². The summed E-state index contributed by atoms with van der Waals surface area (Å²) in [6, 6.07) is 0. The van der Waals surface area contributed by atoms with E-state index < -0.39 is 23.3 Å². The summed E-state index contributed by atoms with van der Waals surface area (Å²) in [4.78, 5) is 31.4. The maximum atomic E-state index is 11.5. The van der Waals surface area contributed by atoms with Crippen molar-refractivity contribution in [2.24, 2.45) is 22.7 Å². The molecule has 0 aromatic rings. The van der Waals surface area contributed by atoms with E-state index in [-0.39, 0.29) is 11.3 Å². The van der Waals surface area contributed by atoms with Gasteiger partial charge in [-0.3, -0.25) is 4.79 Å².